The van der Waals surface area contributed by atoms with Gasteiger partial charge in [-0.3, -0.25) is 14.3 Å². The number of sulfonamides is 1. The minimum atomic E-state index is -3.41. The van der Waals surface area contributed by atoms with E-state index in [2.05, 4.69) is 15.4 Å². The number of anilines is 3. The third-order valence-corrected chi connectivity index (χ3v) is 6.51. The largest absolute Gasteiger partial charge is 0.322 e. The Hall–Kier alpha value is -3.07. The first-order valence-electron chi connectivity index (χ1n) is 9.95. The van der Waals surface area contributed by atoms with Crippen LogP contribution in [0.15, 0.2) is 66.7 Å². The fourth-order valence-electron chi connectivity index (χ4n) is 2.92. The molecule has 0 aromatic heterocycles. The summed E-state index contributed by atoms with van der Waals surface area (Å²) >= 11 is 12.1. The zero-order valence-electron chi connectivity index (χ0n) is 17.6. The van der Waals surface area contributed by atoms with E-state index >= 15 is 0 Å². The second-order valence-electron chi connectivity index (χ2n) is 7.11. The number of rotatable bonds is 8. The molecule has 3 N–H and O–H groups in total. The maximum absolute atomic E-state index is 12.6. The molecule has 2 amide bonds. The van der Waals surface area contributed by atoms with Crippen molar-refractivity contribution < 1.29 is 18.0 Å². The van der Waals surface area contributed by atoms with Gasteiger partial charge in [0.1, 0.15) is 0 Å². The van der Waals surface area contributed by atoms with Gasteiger partial charge in [0.2, 0.25) is 10.0 Å². The molecule has 10 heteroatoms. The lowest BCUT2D eigenvalue weighted by Crippen LogP contribution is -2.16. The summed E-state index contributed by atoms with van der Waals surface area (Å²) in [5.41, 5.74) is 1.80. The van der Waals surface area contributed by atoms with Gasteiger partial charge in [-0.25, -0.2) is 8.42 Å². The Morgan fingerprint density at radius 3 is 2.15 bits per heavy atom. The zero-order valence-corrected chi connectivity index (χ0v) is 19.9. The predicted octanol–water partition coefficient (Wildman–Crippen LogP) is 5.65. The molecular weight excluding hydrogens is 485 g/mol. The highest BCUT2D eigenvalue weighted by molar-refractivity contribution is 7.92. The van der Waals surface area contributed by atoms with Crippen LogP contribution in [0, 0.1) is 0 Å². The molecule has 0 saturated carbocycles. The summed E-state index contributed by atoms with van der Waals surface area (Å²) in [5, 5.41) is 6.16. The van der Waals surface area contributed by atoms with Crippen LogP contribution in [-0.2, 0) is 10.0 Å². The average molecular weight is 506 g/mol. The lowest BCUT2D eigenvalue weighted by Gasteiger charge is -2.11. The average Bonchev–Trinajstić information content (AvgIpc) is 2.76. The van der Waals surface area contributed by atoms with Crippen LogP contribution in [0.2, 0.25) is 10.0 Å². The van der Waals surface area contributed by atoms with Crippen LogP contribution in [0.5, 0.6) is 0 Å². The molecule has 0 aliphatic heterocycles. The van der Waals surface area contributed by atoms with E-state index < -0.39 is 21.8 Å². The Morgan fingerprint density at radius 1 is 0.818 bits per heavy atom. The molecule has 0 aliphatic carbocycles. The molecule has 0 aliphatic rings. The van der Waals surface area contributed by atoms with Gasteiger partial charge in [0.05, 0.1) is 16.5 Å². The summed E-state index contributed by atoms with van der Waals surface area (Å²) in [7, 11) is -3.41. The minimum absolute atomic E-state index is 0.0159. The zero-order chi connectivity index (χ0) is 24.0. The van der Waals surface area contributed by atoms with Gasteiger partial charge in [0.15, 0.2) is 0 Å². The Balaban J connectivity index is 1.69. The highest BCUT2D eigenvalue weighted by Crippen LogP contribution is 2.27. The van der Waals surface area contributed by atoms with Gasteiger partial charge >= 0.3 is 0 Å². The van der Waals surface area contributed by atoms with Gasteiger partial charge < -0.3 is 10.6 Å². The molecule has 172 valence electrons. The maximum atomic E-state index is 12.6. The highest BCUT2D eigenvalue weighted by Gasteiger charge is 2.13. The van der Waals surface area contributed by atoms with Crippen molar-refractivity contribution in [2.24, 2.45) is 0 Å². The molecule has 7 nitrogen and oxygen atoms in total. The number of amides is 2. The van der Waals surface area contributed by atoms with Crippen molar-refractivity contribution in [2.75, 3.05) is 21.1 Å². The number of carbonyl (C=O) groups is 2. The van der Waals surface area contributed by atoms with E-state index in [1.807, 2.05) is 0 Å². The van der Waals surface area contributed by atoms with E-state index in [4.69, 9.17) is 23.2 Å². The number of halogens is 2. The Bertz CT molecular complexity index is 1280. The van der Waals surface area contributed by atoms with E-state index in [-0.39, 0.29) is 5.75 Å². The Kier molecular flexibility index (Phi) is 7.97. The first-order valence-corrected chi connectivity index (χ1v) is 12.4. The molecule has 3 aromatic carbocycles. The first kappa shape index (κ1) is 24.6. The Morgan fingerprint density at radius 2 is 1.48 bits per heavy atom. The summed E-state index contributed by atoms with van der Waals surface area (Å²) in [6.07, 6.45) is 0.498. The third kappa shape index (κ3) is 6.95. The lowest BCUT2D eigenvalue weighted by molar-refractivity contribution is 0.101. The van der Waals surface area contributed by atoms with Gasteiger partial charge in [-0.05, 0) is 67.1 Å². The molecule has 0 spiro atoms. The van der Waals surface area contributed by atoms with Crippen molar-refractivity contribution >= 4 is 62.1 Å². The molecule has 3 aromatic rings. The third-order valence-electron chi connectivity index (χ3n) is 4.45. The molecular formula is C23H21Cl2N3O4S. The van der Waals surface area contributed by atoms with Crippen LogP contribution in [0.4, 0.5) is 17.1 Å². The lowest BCUT2D eigenvalue weighted by atomic mass is 10.2. The SMILES string of the molecule is CCCS(=O)(=O)Nc1ccc(C(=O)Nc2ccc(Cl)c(NC(=O)c3cccc(Cl)c3)c2)cc1. The van der Waals surface area contributed by atoms with Crippen molar-refractivity contribution in [2.45, 2.75) is 13.3 Å². The van der Waals surface area contributed by atoms with Crippen LogP contribution >= 0.6 is 23.2 Å². The van der Waals surface area contributed by atoms with E-state index in [9.17, 15) is 18.0 Å². The van der Waals surface area contributed by atoms with Crippen LogP contribution < -0.4 is 15.4 Å². The molecule has 0 unspecified atom stereocenters. The fourth-order valence-corrected chi connectivity index (χ4v) is 4.41. The van der Waals surface area contributed by atoms with Gasteiger partial charge in [-0.2, -0.15) is 0 Å². The quantitative estimate of drug-likeness (QED) is 0.367. The van der Waals surface area contributed by atoms with Gasteiger partial charge in [-0.1, -0.05) is 36.2 Å². The number of nitrogens with one attached hydrogen (secondary N) is 3. The van der Waals surface area contributed by atoms with Crippen molar-refractivity contribution in [1.82, 2.24) is 0 Å². The molecule has 33 heavy (non-hydrogen) atoms. The summed E-state index contributed by atoms with van der Waals surface area (Å²) in [6, 6.07) is 17.2. The van der Waals surface area contributed by atoms with Crippen molar-refractivity contribution in [3.05, 3.63) is 87.9 Å². The number of benzene rings is 3. The van der Waals surface area contributed by atoms with Gasteiger partial charge in [0.25, 0.3) is 11.8 Å². The van der Waals surface area contributed by atoms with E-state index in [1.54, 1.807) is 37.3 Å². The van der Waals surface area contributed by atoms with Crippen LogP contribution in [0.1, 0.15) is 34.1 Å². The molecule has 3 rings (SSSR count). The van der Waals surface area contributed by atoms with Crippen LogP contribution in [0.3, 0.4) is 0 Å². The summed E-state index contributed by atoms with van der Waals surface area (Å²) in [5.74, 6) is -0.793. The van der Waals surface area contributed by atoms with Gasteiger partial charge in [-0.15, -0.1) is 0 Å². The number of carbonyl (C=O) groups excluding carboxylic acids is 2. The van der Waals surface area contributed by atoms with Crippen molar-refractivity contribution in [3.8, 4) is 0 Å². The normalized spacial score (nSPS) is 11.0. The second-order valence-corrected chi connectivity index (χ2v) is 9.80. The van der Waals surface area contributed by atoms with E-state index in [0.717, 1.165) is 0 Å². The standard InChI is InChI=1S/C23H21Cl2N3O4S/c1-2-12-33(31,32)28-18-8-6-15(7-9-18)22(29)26-19-10-11-20(25)21(14-19)27-23(30)16-4-3-5-17(24)13-16/h3-11,13-14,28H,2,12H2,1H3,(H,26,29)(H,27,30). The van der Waals surface area contributed by atoms with E-state index in [1.165, 1.54) is 36.4 Å². The molecule has 0 radical (unpaired) electrons. The summed E-state index contributed by atoms with van der Waals surface area (Å²) in [6.45, 7) is 1.78. The minimum Gasteiger partial charge on any atom is -0.322 e. The van der Waals surface area contributed by atoms with E-state index in [0.29, 0.717) is 44.7 Å². The number of hydrogen-bond donors (Lipinski definition) is 3. The van der Waals surface area contributed by atoms with Crippen LogP contribution in [-0.4, -0.2) is 26.0 Å². The topological polar surface area (TPSA) is 104 Å². The summed E-state index contributed by atoms with van der Waals surface area (Å²) in [4.78, 5) is 25.1. The second kappa shape index (κ2) is 10.7. The monoisotopic (exact) mass is 505 g/mol. The molecule has 0 saturated heterocycles. The first-order chi connectivity index (χ1) is 15.7. The van der Waals surface area contributed by atoms with Crippen molar-refractivity contribution in [1.29, 1.82) is 0 Å². The fraction of sp³-hybridized carbons (Fsp3) is 0.130. The predicted molar refractivity (Wildman–Crippen MR) is 133 cm³/mol. The van der Waals surface area contributed by atoms with Gasteiger partial charge in [0, 0.05) is 27.5 Å². The summed E-state index contributed by atoms with van der Waals surface area (Å²) < 4.78 is 26.2. The van der Waals surface area contributed by atoms with Crippen LogP contribution in [0.25, 0.3) is 0 Å². The Labute approximate surface area is 202 Å². The van der Waals surface area contributed by atoms with Crippen molar-refractivity contribution in [3.63, 3.8) is 0 Å². The smallest absolute Gasteiger partial charge is 0.255 e. The number of hydrogen-bond acceptors (Lipinski definition) is 4. The molecule has 0 bridgehead atoms. The molecule has 0 heterocycles. The maximum Gasteiger partial charge on any atom is 0.255 e. The highest BCUT2D eigenvalue weighted by atomic mass is 35.5. The molecule has 0 atom stereocenters. The molecule has 0 fully saturated rings.